The van der Waals surface area contributed by atoms with Gasteiger partial charge >= 0.3 is 0 Å². The number of carbonyl (C=O) groups excluding carboxylic acids is 1. The molecule has 0 radical (unpaired) electrons. The Morgan fingerprint density at radius 2 is 1.86 bits per heavy atom. The zero-order chi connectivity index (χ0) is 20.6. The second kappa shape index (κ2) is 7.54. The lowest BCUT2D eigenvalue weighted by molar-refractivity contribution is -0.170. The van der Waals surface area contributed by atoms with E-state index in [0.717, 1.165) is 18.4 Å². The number of ether oxygens (including phenoxy) is 1. The van der Waals surface area contributed by atoms with Crippen LogP contribution in [0.2, 0.25) is 0 Å². The maximum absolute atomic E-state index is 12.9. The van der Waals surface area contributed by atoms with E-state index < -0.39 is 5.60 Å². The summed E-state index contributed by atoms with van der Waals surface area (Å²) in [5.41, 5.74) is 0.501. The van der Waals surface area contributed by atoms with Gasteiger partial charge in [0.15, 0.2) is 0 Å². The second-order valence-electron chi connectivity index (χ2n) is 8.94. The molecule has 1 N–H and O–H groups in total. The van der Waals surface area contributed by atoms with Crippen LogP contribution in [0.5, 0.6) is 0 Å². The van der Waals surface area contributed by atoms with Crippen molar-refractivity contribution in [3.8, 4) is 11.4 Å². The number of likely N-dealkylation sites (tertiary alicyclic amines) is 1. The summed E-state index contributed by atoms with van der Waals surface area (Å²) in [6.45, 7) is 7.74. The van der Waals surface area contributed by atoms with Gasteiger partial charge in [-0.25, -0.2) is 0 Å². The molecular formula is C22H29N3O4. The van der Waals surface area contributed by atoms with Gasteiger partial charge in [0, 0.05) is 36.6 Å². The molecule has 1 spiro atoms. The normalized spacial score (nSPS) is 24.2. The highest BCUT2D eigenvalue weighted by Gasteiger charge is 2.44. The van der Waals surface area contributed by atoms with Crippen molar-refractivity contribution in [3.63, 3.8) is 0 Å². The molecule has 156 valence electrons. The van der Waals surface area contributed by atoms with Gasteiger partial charge < -0.3 is 19.3 Å². The highest BCUT2D eigenvalue weighted by atomic mass is 16.5. The number of nitrogens with zero attached hydrogens (tertiary/aromatic N) is 3. The molecule has 1 aromatic carbocycles. The predicted molar refractivity (Wildman–Crippen MR) is 108 cm³/mol. The number of rotatable bonds is 3. The van der Waals surface area contributed by atoms with E-state index in [0.29, 0.717) is 49.8 Å². The molecule has 3 heterocycles. The molecule has 2 aliphatic heterocycles. The third-order valence-corrected chi connectivity index (χ3v) is 6.04. The second-order valence-corrected chi connectivity index (χ2v) is 8.94. The minimum absolute atomic E-state index is 0.0185. The van der Waals surface area contributed by atoms with Crippen LogP contribution in [0.3, 0.4) is 0 Å². The monoisotopic (exact) mass is 399 g/mol. The molecule has 2 aromatic rings. The Morgan fingerprint density at radius 3 is 2.45 bits per heavy atom. The van der Waals surface area contributed by atoms with Gasteiger partial charge in [-0.2, -0.15) is 4.98 Å². The topological polar surface area (TPSA) is 88.7 Å². The minimum Gasteiger partial charge on any atom is -0.390 e. The van der Waals surface area contributed by atoms with E-state index in [1.165, 1.54) is 0 Å². The molecule has 2 aliphatic rings. The van der Waals surface area contributed by atoms with Gasteiger partial charge in [-0.1, -0.05) is 31.1 Å². The van der Waals surface area contributed by atoms with Crippen molar-refractivity contribution in [2.75, 3.05) is 19.7 Å². The average Bonchev–Trinajstić information content (AvgIpc) is 3.18. The van der Waals surface area contributed by atoms with Gasteiger partial charge in [-0.3, -0.25) is 4.79 Å². The van der Waals surface area contributed by atoms with E-state index in [1.807, 2.05) is 49.9 Å². The molecule has 1 aromatic heterocycles. The van der Waals surface area contributed by atoms with E-state index in [2.05, 4.69) is 10.1 Å². The lowest BCUT2D eigenvalue weighted by Gasteiger charge is -2.48. The molecule has 1 atom stereocenters. The average molecular weight is 399 g/mol. The summed E-state index contributed by atoms with van der Waals surface area (Å²) in [5.74, 6) is 1.33. The standard InChI is InChI=1S/C22H29N3O4/c1-15(2)19-23-18(24-29-19)16-4-6-17(7-5-16)20(26)25-11-8-22(9-12-25)14-21(3,27)10-13-28-22/h4-7,15,27H,8-14H2,1-3H3. The van der Waals surface area contributed by atoms with Crippen LogP contribution in [0.25, 0.3) is 11.4 Å². The molecule has 4 rings (SSSR count). The van der Waals surface area contributed by atoms with E-state index >= 15 is 0 Å². The summed E-state index contributed by atoms with van der Waals surface area (Å²) in [5, 5.41) is 14.4. The Bertz CT molecular complexity index is 864. The van der Waals surface area contributed by atoms with Crippen molar-refractivity contribution in [2.24, 2.45) is 0 Å². The van der Waals surface area contributed by atoms with Crippen molar-refractivity contribution in [1.82, 2.24) is 15.0 Å². The summed E-state index contributed by atoms with van der Waals surface area (Å²) in [4.78, 5) is 19.2. The number of aromatic nitrogens is 2. The third-order valence-electron chi connectivity index (χ3n) is 6.04. The fourth-order valence-corrected chi connectivity index (χ4v) is 4.29. The molecule has 2 fully saturated rings. The molecule has 1 unspecified atom stereocenters. The summed E-state index contributed by atoms with van der Waals surface area (Å²) < 4.78 is 11.3. The SMILES string of the molecule is CC(C)c1nc(-c2ccc(C(=O)N3CCC4(CC3)CC(C)(O)CCO4)cc2)no1. The van der Waals surface area contributed by atoms with Crippen molar-refractivity contribution >= 4 is 5.91 Å². The molecule has 0 saturated carbocycles. The smallest absolute Gasteiger partial charge is 0.253 e. The van der Waals surface area contributed by atoms with E-state index in [9.17, 15) is 9.90 Å². The zero-order valence-corrected chi connectivity index (χ0v) is 17.4. The van der Waals surface area contributed by atoms with Gasteiger partial charge in [-0.05, 0) is 38.3 Å². The Hall–Kier alpha value is -2.25. The van der Waals surface area contributed by atoms with Crippen LogP contribution in [0.4, 0.5) is 0 Å². The Balaban J connectivity index is 1.40. The summed E-state index contributed by atoms with van der Waals surface area (Å²) in [7, 11) is 0. The highest BCUT2D eigenvalue weighted by molar-refractivity contribution is 5.94. The first-order valence-electron chi connectivity index (χ1n) is 10.4. The van der Waals surface area contributed by atoms with Crippen LogP contribution in [-0.2, 0) is 4.74 Å². The van der Waals surface area contributed by atoms with Gasteiger partial charge in [-0.15, -0.1) is 0 Å². The fraction of sp³-hybridized carbons (Fsp3) is 0.591. The van der Waals surface area contributed by atoms with E-state index in [4.69, 9.17) is 9.26 Å². The zero-order valence-electron chi connectivity index (χ0n) is 17.4. The van der Waals surface area contributed by atoms with E-state index in [1.54, 1.807) is 0 Å². The predicted octanol–water partition coefficient (Wildman–Crippen LogP) is 3.40. The van der Waals surface area contributed by atoms with Crippen LogP contribution < -0.4 is 0 Å². The van der Waals surface area contributed by atoms with Gasteiger partial charge in [0.1, 0.15) is 0 Å². The van der Waals surface area contributed by atoms with E-state index in [-0.39, 0.29) is 17.4 Å². The highest BCUT2D eigenvalue weighted by Crippen LogP contribution is 2.39. The number of amides is 1. The maximum Gasteiger partial charge on any atom is 0.253 e. The van der Waals surface area contributed by atoms with Crippen LogP contribution >= 0.6 is 0 Å². The number of piperidine rings is 1. The Morgan fingerprint density at radius 1 is 1.17 bits per heavy atom. The largest absolute Gasteiger partial charge is 0.390 e. The quantitative estimate of drug-likeness (QED) is 0.851. The van der Waals surface area contributed by atoms with Crippen LogP contribution in [0.15, 0.2) is 28.8 Å². The molecule has 0 aliphatic carbocycles. The number of aliphatic hydroxyl groups is 1. The Kier molecular flexibility index (Phi) is 5.21. The maximum atomic E-state index is 12.9. The number of hydrogen-bond donors (Lipinski definition) is 1. The fourth-order valence-electron chi connectivity index (χ4n) is 4.29. The molecular weight excluding hydrogens is 370 g/mol. The van der Waals surface area contributed by atoms with Gasteiger partial charge in [0.05, 0.1) is 17.8 Å². The number of hydrogen-bond acceptors (Lipinski definition) is 6. The van der Waals surface area contributed by atoms with Crippen molar-refractivity contribution in [1.29, 1.82) is 0 Å². The first-order valence-corrected chi connectivity index (χ1v) is 10.4. The molecule has 7 heteroatoms. The molecule has 29 heavy (non-hydrogen) atoms. The molecule has 2 saturated heterocycles. The van der Waals surface area contributed by atoms with Crippen LogP contribution in [-0.4, -0.2) is 57.0 Å². The summed E-state index contributed by atoms with van der Waals surface area (Å²) in [6, 6.07) is 7.34. The van der Waals surface area contributed by atoms with Gasteiger partial charge in [0.2, 0.25) is 11.7 Å². The number of benzene rings is 1. The first kappa shape index (κ1) is 20.0. The lowest BCUT2D eigenvalue weighted by atomic mass is 9.78. The molecule has 1 amide bonds. The summed E-state index contributed by atoms with van der Waals surface area (Å²) >= 11 is 0. The van der Waals surface area contributed by atoms with Crippen molar-refractivity contribution in [2.45, 2.75) is 63.6 Å². The van der Waals surface area contributed by atoms with Crippen LogP contribution in [0.1, 0.15) is 68.6 Å². The molecule has 7 nitrogen and oxygen atoms in total. The van der Waals surface area contributed by atoms with Crippen LogP contribution in [0, 0.1) is 0 Å². The van der Waals surface area contributed by atoms with Crippen molar-refractivity contribution < 1.29 is 19.2 Å². The molecule has 0 bridgehead atoms. The number of carbonyl (C=O) groups is 1. The first-order chi connectivity index (χ1) is 13.8. The van der Waals surface area contributed by atoms with Crippen molar-refractivity contribution in [3.05, 3.63) is 35.7 Å². The lowest BCUT2D eigenvalue weighted by Crippen LogP contribution is -2.54. The summed E-state index contributed by atoms with van der Waals surface area (Å²) in [6.07, 6.45) is 2.82. The van der Waals surface area contributed by atoms with Gasteiger partial charge in [0.25, 0.3) is 5.91 Å². The Labute approximate surface area is 171 Å². The minimum atomic E-state index is -0.676. The third kappa shape index (κ3) is 4.21.